The molecule has 0 spiro atoms. The number of amides is 1. The average molecular weight is 350 g/mol. The predicted octanol–water partition coefficient (Wildman–Crippen LogP) is 3.54. The molecule has 0 saturated carbocycles. The van der Waals surface area contributed by atoms with Crippen LogP contribution in [-0.2, 0) is 0 Å². The molecule has 1 heterocycles. The van der Waals surface area contributed by atoms with Crippen LogP contribution in [-0.4, -0.2) is 24.5 Å². The highest BCUT2D eigenvalue weighted by atomic mass is 79.9. The van der Waals surface area contributed by atoms with E-state index < -0.39 is 0 Å². The van der Waals surface area contributed by atoms with Gasteiger partial charge in [-0.25, -0.2) is 0 Å². The summed E-state index contributed by atoms with van der Waals surface area (Å²) in [6, 6.07) is 7.08. The Morgan fingerprint density at radius 1 is 1.38 bits per heavy atom. The zero-order valence-corrected chi connectivity index (χ0v) is 13.4. The first-order valence-corrected chi connectivity index (χ1v) is 7.27. The molecule has 2 N–H and O–H groups in total. The average Bonchev–Trinajstić information content (AvgIpc) is 2.47. The molecule has 1 aromatic heterocycles. The van der Waals surface area contributed by atoms with Crippen molar-refractivity contribution in [2.24, 2.45) is 0 Å². The van der Waals surface area contributed by atoms with Gasteiger partial charge in [-0.2, -0.15) is 0 Å². The highest BCUT2D eigenvalue weighted by molar-refractivity contribution is 9.10. The molecular formula is C15H16BrN3O2. The van der Waals surface area contributed by atoms with Crippen molar-refractivity contribution in [2.75, 3.05) is 24.3 Å². The molecule has 0 unspecified atom stereocenters. The van der Waals surface area contributed by atoms with Crippen molar-refractivity contribution in [3.8, 4) is 5.75 Å². The van der Waals surface area contributed by atoms with Gasteiger partial charge in [0.15, 0.2) is 0 Å². The van der Waals surface area contributed by atoms with E-state index in [0.29, 0.717) is 22.7 Å². The van der Waals surface area contributed by atoms with E-state index in [2.05, 4.69) is 31.5 Å². The maximum absolute atomic E-state index is 12.4. The third-order valence-corrected chi connectivity index (χ3v) is 3.26. The first-order chi connectivity index (χ1) is 10.1. The molecule has 0 fully saturated rings. The highest BCUT2D eigenvalue weighted by Gasteiger charge is 2.12. The summed E-state index contributed by atoms with van der Waals surface area (Å²) < 4.78 is 6.01. The number of nitrogens with one attached hydrogen (secondary N) is 2. The number of halogens is 1. The zero-order valence-electron chi connectivity index (χ0n) is 11.8. The van der Waals surface area contributed by atoms with E-state index in [4.69, 9.17) is 4.74 Å². The SMILES string of the molecule is CCNc1cnccc1C(=O)Nc1cc(Br)cc(OC)c1. The Morgan fingerprint density at radius 3 is 2.90 bits per heavy atom. The molecule has 110 valence electrons. The minimum absolute atomic E-state index is 0.200. The van der Waals surface area contributed by atoms with E-state index in [1.54, 1.807) is 31.6 Å². The summed E-state index contributed by atoms with van der Waals surface area (Å²) in [5.41, 5.74) is 1.91. The largest absolute Gasteiger partial charge is 0.497 e. The van der Waals surface area contributed by atoms with Crippen molar-refractivity contribution < 1.29 is 9.53 Å². The van der Waals surface area contributed by atoms with Gasteiger partial charge < -0.3 is 15.4 Å². The summed E-state index contributed by atoms with van der Waals surface area (Å²) >= 11 is 3.39. The van der Waals surface area contributed by atoms with Crippen molar-refractivity contribution in [3.63, 3.8) is 0 Å². The molecule has 0 saturated heterocycles. The number of nitrogens with zero attached hydrogens (tertiary/aromatic N) is 1. The van der Waals surface area contributed by atoms with Gasteiger partial charge in [0.25, 0.3) is 5.91 Å². The smallest absolute Gasteiger partial charge is 0.257 e. The Kier molecular flexibility index (Phi) is 5.16. The number of anilines is 2. The quantitative estimate of drug-likeness (QED) is 0.866. The van der Waals surface area contributed by atoms with Crippen LogP contribution < -0.4 is 15.4 Å². The van der Waals surface area contributed by atoms with Crippen LogP contribution >= 0.6 is 15.9 Å². The molecule has 0 radical (unpaired) electrons. The van der Waals surface area contributed by atoms with Crippen molar-refractivity contribution in [1.29, 1.82) is 0 Å². The third-order valence-electron chi connectivity index (χ3n) is 2.80. The van der Waals surface area contributed by atoms with Crippen LogP contribution in [0.4, 0.5) is 11.4 Å². The minimum atomic E-state index is -0.200. The van der Waals surface area contributed by atoms with Gasteiger partial charge in [0, 0.05) is 29.0 Å². The molecule has 1 amide bonds. The fourth-order valence-corrected chi connectivity index (χ4v) is 2.35. The van der Waals surface area contributed by atoms with E-state index in [1.165, 1.54) is 0 Å². The second kappa shape index (κ2) is 7.08. The van der Waals surface area contributed by atoms with Crippen LogP contribution in [0, 0.1) is 0 Å². The van der Waals surface area contributed by atoms with Crippen molar-refractivity contribution in [2.45, 2.75) is 6.92 Å². The standard InChI is InChI=1S/C15H16BrN3O2/c1-3-18-14-9-17-5-4-13(14)15(20)19-11-6-10(16)7-12(8-11)21-2/h4-9,18H,3H2,1-2H3,(H,19,20). The van der Waals surface area contributed by atoms with Crippen LogP contribution in [0.3, 0.4) is 0 Å². The van der Waals surface area contributed by atoms with Crippen LogP contribution in [0.15, 0.2) is 41.1 Å². The summed E-state index contributed by atoms with van der Waals surface area (Å²) in [7, 11) is 1.58. The van der Waals surface area contributed by atoms with Gasteiger partial charge in [-0.15, -0.1) is 0 Å². The molecule has 0 aliphatic rings. The Morgan fingerprint density at radius 2 is 2.19 bits per heavy atom. The van der Waals surface area contributed by atoms with E-state index in [0.717, 1.165) is 11.0 Å². The van der Waals surface area contributed by atoms with Crippen LogP contribution in [0.2, 0.25) is 0 Å². The van der Waals surface area contributed by atoms with Crippen molar-refractivity contribution in [3.05, 3.63) is 46.7 Å². The predicted molar refractivity (Wildman–Crippen MR) is 87.0 cm³/mol. The lowest BCUT2D eigenvalue weighted by atomic mass is 10.2. The molecule has 0 aliphatic heterocycles. The monoisotopic (exact) mass is 349 g/mol. The van der Waals surface area contributed by atoms with Gasteiger partial charge in [-0.3, -0.25) is 9.78 Å². The summed E-state index contributed by atoms with van der Waals surface area (Å²) in [4.78, 5) is 16.4. The number of benzene rings is 1. The number of rotatable bonds is 5. The van der Waals surface area contributed by atoms with Gasteiger partial charge in [0.2, 0.25) is 0 Å². The summed E-state index contributed by atoms with van der Waals surface area (Å²) in [6.07, 6.45) is 3.23. The fraction of sp³-hybridized carbons (Fsp3) is 0.200. The first kappa shape index (κ1) is 15.3. The van der Waals surface area contributed by atoms with E-state index in [9.17, 15) is 4.79 Å². The molecule has 0 bridgehead atoms. The number of hydrogen-bond acceptors (Lipinski definition) is 4. The van der Waals surface area contributed by atoms with Gasteiger partial charge >= 0.3 is 0 Å². The lowest BCUT2D eigenvalue weighted by Crippen LogP contribution is -2.15. The summed E-state index contributed by atoms with van der Waals surface area (Å²) in [5.74, 6) is 0.467. The fourth-order valence-electron chi connectivity index (χ4n) is 1.87. The number of methoxy groups -OCH3 is 1. The Labute approximate surface area is 131 Å². The first-order valence-electron chi connectivity index (χ1n) is 6.48. The van der Waals surface area contributed by atoms with Gasteiger partial charge in [-0.1, -0.05) is 15.9 Å². The minimum Gasteiger partial charge on any atom is -0.497 e. The number of hydrogen-bond donors (Lipinski definition) is 2. The third kappa shape index (κ3) is 3.95. The second-order valence-corrected chi connectivity index (χ2v) is 5.20. The van der Waals surface area contributed by atoms with Gasteiger partial charge in [0.05, 0.1) is 24.6 Å². The Bertz CT molecular complexity index is 647. The maximum atomic E-state index is 12.4. The van der Waals surface area contributed by atoms with Crippen molar-refractivity contribution >= 4 is 33.2 Å². The molecule has 2 aromatic rings. The molecular weight excluding hydrogens is 334 g/mol. The van der Waals surface area contributed by atoms with Crippen LogP contribution in [0.5, 0.6) is 5.75 Å². The number of carbonyl (C=O) groups excluding carboxylic acids is 1. The number of aromatic nitrogens is 1. The van der Waals surface area contributed by atoms with E-state index in [1.807, 2.05) is 19.1 Å². The molecule has 0 atom stereocenters. The topological polar surface area (TPSA) is 63.2 Å². The highest BCUT2D eigenvalue weighted by Crippen LogP contribution is 2.25. The Hall–Kier alpha value is -2.08. The van der Waals surface area contributed by atoms with Crippen LogP contribution in [0.1, 0.15) is 17.3 Å². The van der Waals surface area contributed by atoms with Gasteiger partial charge in [-0.05, 0) is 25.1 Å². The molecule has 2 rings (SSSR count). The molecule has 0 aliphatic carbocycles. The summed E-state index contributed by atoms with van der Waals surface area (Å²) in [6.45, 7) is 2.69. The molecule has 5 nitrogen and oxygen atoms in total. The lowest BCUT2D eigenvalue weighted by molar-refractivity contribution is 0.102. The summed E-state index contributed by atoms with van der Waals surface area (Å²) in [5, 5.41) is 5.98. The number of ether oxygens (including phenoxy) is 1. The molecule has 1 aromatic carbocycles. The zero-order chi connectivity index (χ0) is 15.2. The van der Waals surface area contributed by atoms with E-state index in [-0.39, 0.29) is 5.91 Å². The van der Waals surface area contributed by atoms with Crippen molar-refractivity contribution in [1.82, 2.24) is 4.98 Å². The molecule has 21 heavy (non-hydrogen) atoms. The van der Waals surface area contributed by atoms with Gasteiger partial charge in [0.1, 0.15) is 5.75 Å². The van der Waals surface area contributed by atoms with E-state index >= 15 is 0 Å². The second-order valence-electron chi connectivity index (χ2n) is 4.29. The maximum Gasteiger partial charge on any atom is 0.257 e. The number of pyridine rings is 1. The van der Waals surface area contributed by atoms with Crippen LogP contribution in [0.25, 0.3) is 0 Å². The normalized spacial score (nSPS) is 10.0. The number of carbonyl (C=O) groups is 1. The lowest BCUT2D eigenvalue weighted by Gasteiger charge is -2.11. The Balaban J connectivity index is 2.24. The molecule has 6 heteroatoms.